The van der Waals surface area contributed by atoms with E-state index < -0.39 is 6.04 Å². The fourth-order valence-corrected chi connectivity index (χ4v) is 2.86. The monoisotopic (exact) mass is 355 g/mol. The van der Waals surface area contributed by atoms with Crippen molar-refractivity contribution < 1.29 is 19.1 Å². The van der Waals surface area contributed by atoms with Crippen LogP contribution < -0.4 is 20.7 Å². The highest BCUT2D eigenvalue weighted by molar-refractivity contribution is 6.00. The van der Waals surface area contributed by atoms with Crippen LogP contribution in [0.1, 0.15) is 12.8 Å². The normalized spacial score (nSPS) is 18.9. The number of fused-ring (bicyclic) bond motifs is 1. The van der Waals surface area contributed by atoms with Crippen LogP contribution in [0, 0.1) is 5.92 Å². The van der Waals surface area contributed by atoms with Crippen LogP contribution in [0.25, 0.3) is 0 Å². The molecule has 0 aliphatic carbocycles. The Bertz CT molecular complexity index is 619. The van der Waals surface area contributed by atoms with Gasteiger partial charge in [-0.2, -0.15) is 0 Å². The van der Waals surface area contributed by atoms with Crippen LogP contribution in [0.3, 0.4) is 0 Å². The Hall–Kier alpha value is -1.83. The fourth-order valence-electron chi connectivity index (χ4n) is 2.86. The number of benzene rings is 1. The van der Waals surface area contributed by atoms with Crippen molar-refractivity contribution in [3.8, 4) is 5.75 Å². The van der Waals surface area contributed by atoms with Gasteiger partial charge in [0.25, 0.3) is 5.91 Å². The number of nitrogens with two attached hydrogens (primary N) is 1. The lowest BCUT2D eigenvalue weighted by Gasteiger charge is -2.28. The van der Waals surface area contributed by atoms with Gasteiger partial charge in [0.2, 0.25) is 5.91 Å². The standard InChI is InChI=1S/C16H21N3O4.ClH/c1-19-12-8-11(2-3-13(12)23-9-14(19)20)18-16(21)15(17)10-4-6-22-7-5-10;/h2-3,8,10,15H,4-7,9,17H2,1H3,(H,18,21);1H. The van der Waals surface area contributed by atoms with E-state index in [1.165, 1.54) is 4.90 Å². The third-order valence-electron chi connectivity index (χ3n) is 4.39. The van der Waals surface area contributed by atoms with Crippen molar-refractivity contribution in [2.24, 2.45) is 11.7 Å². The van der Waals surface area contributed by atoms with E-state index in [0.717, 1.165) is 12.8 Å². The first-order chi connectivity index (χ1) is 11.1. The number of hydrogen-bond donors (Lipinski definition) is 2. The summed E-state index contributed by atoms with van der Waals surface area (Å²) in [6, 6.07) is 4.65. The summed E-state index contributed by atoms with van der Waals surface area (Å²) in [5.74, 6) is 0.412. The van der Waals surface area contributed by atoms with E-state index in [1.54, 1.807) is 25.2 Å². The summed E-state index contributed by atoms with van der Waals surface area (Å²) in [6.45, 7) is 1.33. The van der Waals surface area contributed by atoms with Crippen LogP contribution in [-0.4, -0.2) is 44.7 Å². The van der Waals surface area contributed by atoms with Gasteiger partial charge in [0.1, 0.15) is 5.75 Å². The third kappa shape index (κ3) is 3.80. The Kier molecular flexibility index (Phi) is 6.04. The first kappa shape index (κ1) is 18.5. The summed E-state index contributed by atoms with van der Waals surface area (Å²) in [4.78, 5) is 25.5. The molecule has 2 aliphatic rings. The van der Waals surface area contributed by atoms with Crippen LogP contribution in [0.15, 0.2) is 18.2 Å². The number of carbonyl (C=O) groups is 2. The van der Waals surface area contributed by atoms with Gasteiger partial charge in [-0.15, -0.1) is 12.4 Å². The number of nitrogens with one attached hydrogen (secondary N) is 1. The van der Waals surface area contributed by atoms with E-state index in [9.17, 15) is 9.59 Å². The van der Waals surface area contributed by atoms with E-state index in [4.69, 9.17) is 15.2 Å². The molecule has 2 amide bonds. The molecule has 3 N–H and O–H groups in total. The lowest BCUT2D eigenvalue weighted by Crippen LogP contribution is -2.44. The average Bonchev–Trinajstić information content (AvgIpc) is 2.58. The number of halogens is 1. The maximum absolute atomic E-state index is 12.3. The van der Waals surface area contributed by atoms with Crippen molar-refractivity contribution in [2.75, 3.05) is 37.1 Å². The van der Waals surface area contributed by atoms with Crippen LogP contribution in [-0.2, 0) is 14.3 Å². The zero-order valence-corrected chi connectivity index (χ0v) is 14.3. The minimum atomic E-state index is -0.564. The van der Waals surface area contributed by atoms with Crippen LogP contribution in [0.5, 0.6) is 5.75 Å². The first-order valence-corrected chi connectivity index (χ1v) is 7.74. The number of hydrogen-bond acceptors (Lipinski definition) is 5. The Morgan fingerprint density at radius 3 is 2.79 bits per heavy atom. The Morgan fingerprint density at radius 1 is 1.38 bits per heavy atom. The maximum Gasteiger partial charge on any atom is 0.264 e. The molecule has 1 fully saturated rings. The molecule has 1 aromatic rings. The Labute approximate surface area is 146 Å². The molecule has 7 nitrogen and oxygen atoms in total. The number of carbonyl (C=O) groups excluding carboxylic acids is 2. The molecule has 0 bridgehead atoms. The predicted octanol–water partition coefficient (Wildman–Crippen LogP) is 1.16. The van der Waals surface area contributed by atoms with Gasteiger partial charge >= 0.3 is 0 Å². The zero-order valence-electron chi connectivity index (χ0n) is 13.5. The molecule has 2 aliphatic heterocycles. The quantitative estimate of drug-likeness (QED) is 0.848. The maximum atomic E-state index is 12.3. The van der Waals surface area contributed by atoms with E-state index in [0.29, 0.717) is 30.3 Å². The minimum Gasteiger partial charge on any atom is -0.482 e. The number of nitrogens with zero attached hydrogens (tertiary/aromatic N) is 1. The minimum absolute atomic E-state index is 0. The summed E-state index contributed by atoms with van der Waals surface area (Å²) in [7, 11) is 1.68. The molecule has 0 spiro atoms. The van der Waals surface area contributed by atoms with Crippen molar-refractivity contribution >= 4 is 35.6 Å². The second-order valence-electron chi connectivity index (χ2n) is 5.89. The molecule has 1 aromatic carbocycles. The van der Waals surface area contributed by atoms with Crippen LogP contribution >= 0.6 is 12.4 Å². The highest BCUT2D eigenvalue weighted by atomic mass is 35.5. The molecular weight excluding hydrogens is 334 g/mol. The fraction of sp³-hybridized carbons (Fsp3) is 0.500. The molecule has 1 unspecified atom stereocenters. The summed E-state index contributed by atoms with van der Waals surface area (Å²) in [5.41, 5.74) is 7.31. The number of anilines is 2. The molecule has 2 heterocycles. The van der Waals surface area contributed by atoms with E-state index >= 15 is 0 Å². The van der Waals surface area contributed by atoms with Crippen LogP contribution in [0.4, 0.5) is 11.4 Å². The summed E-state index contributed by atoms with van der Waals surface area (Å²) in [6.07, 6.45) is 1.59. The van der Waals surface area contributed by atoms with Crippen molar-refractivity contribution in [3.63, 3.8) is 0 Å². The van der Waals surface area contributed by atoms with Gasteiger partial charge in [0.05, 0.1) is 11.7 Å². The van der Waals surface area contributed by atoms with Gasteiger partial charge < -0.3 is 25.4 Å². The molecular formula is C16H22ClN3O4. The predicted molar refractivity (Wildman–Crippen MR) is 92.7 cm³/mol. The largest absolute Gasteiger partial charge is 0.482 e. The zero-order chi connectivity index (χ0) is 16.4. The summed E-state index contributed by atoms with van der Waals surface area (Å²) < 4.78 is 10.7. The molecule has 8 heteroatoms. The highest BCUT2D eigenvalue weighted by Gasteiger charge is 2.27. The van der Waals surface area contributed by atoms with E-state index in [-0.39, 0.29) is 36.7 Å². The van der Waals surface area contributed by atoms with Gasteiger partial charge in [0, 0.05) is 25.9 Å². The Morgan fingerprint density at radius 2 is 2.08 bits per heavy atom. The van der Waals surface area contributed by atoms with Gasteiger partial charge in [-0.05, 0) is 37.0 Å². The van der Waals surface area contributed by atoms with Crippen molar-refractivity contribution in [3.05, 3.63) is 18.2 Å². The highest BCUT2D eigenvalue weighted by Crippen LogP contribution is 2.33. The van der Waals surface area contributed by atoms with Gasteiger partial charge in [0.15, 0.2) is 6.61 Å². The number of likely N-dealkylation sites (N-methyl/N-ethyl adjacent to an activating group) is 1. The molecule has 0 saturated carbocycles. The SMILES string of the molecule is CN1C(=O)COc2ccc(NC(=O)C(N)C3CCOCC3)cc21.Cl. The van der Waals surface area contributed by atoms with Crippen molar-refractivity contribution in [2.45, 2.75) is 18.9 Å². The second-order valence-corrected chi connectivity index (χ2v) is 5.89. The molecule has 1 atom stereocenters. The van der Waals surface area contributed by atoms with Gasteiger partial charge in [-0.3, -0.25) is 9.59 Å². The Balaban J connectivity index is 0.00000208. The average molecular weight is 356 g/mol. The summed E-state index contributed by atoms with van der Waals surface area (Å²) >= 11 is 0. The lowest BCUT2D eigenvalue weighted by atomic mass is 9.92. The number of amides is 2. The van der Waals surface area contributed by atoms with Crippen molar-refractivity contribution in [1.82, 2.24) is 0 Å². The molecule has 1 saturated heterocycles. The molecule has 24 heavy (non-hydrogen) atoms. The van der Waals surface area contributed by atoms with E-state index in [1.807, 2.05) is 0 Å². The molecule has 132 valence electrons. The smallest absolute Gasteiger partial charge is 0.264 e. The number of ether oxygens (including phenoxy) is 2. The van der Waals surface area contributed by atoms with Crippen molar-refractivity contribution in [1.29, 1.82) is 0 Å². The lowest BCUT2D eigenvalue weighted by molar-refractivity contribution is -0.121. The molecule has 3 rings (SSSR count). The van der Waals surface area contributed by atoms with Gasteiger partial charge in [-0.25, -0.2) is 0 Å². The molecule has 0 radical (unpaired) electrons. The number of rotatable bonds is 3. The van der Waals surface area contributed by atoms with Crippen LogP contribution in [0.2, 0.25) is 0 Å². The van der Waals surface area contributed by atoms with E-state index in [2.05, 4.69) is 5.32 Å². The topological polar surface area (TPSA) is 93.9 Å². The third-order valence-corrected chi connectivity index (χ3v) is 4.39. The second kappa shape index (κ2) is 7.83. The molecule has 0 aromatic heterocycles. The summed E-state index contributed by atoms with van der Waals surface area (Å²) in [5, 5.41) is 2.83. The van der Waals surface area contributed by atoms with Gasteiger partial charge in [-0.1, -0.05) is 0 Å². The first-order valence-electron chi connectivity index (χ1n) is 7.74.